The van der Waals surface area contributed by atoms with Crippen molar-refractivity contribution in [3.63, 3.8) is 0 Å². The van der Waals surface area contributed by atoms with Gasteiger partial charge in [0, 0.05) is 23.7 Å². The molecule has 1 aromatic heterocycles. The Hall–Kier alpha value is -2.08. The minimum absolute atomic E-state index is 0.310. The van der Waals surface area contributed by atoms with Crippen molar-refractivity contribution in [3.8, 4) is 16.9 Å². The molecule has 104 valence electrons. The first-order valence-corrected chi connectivity index (χ1v) is 8.11. The largest absolute Gasteiger partial charge is 0.492 e. The number of sulfonamides is 1. The molecule has 0 atom stereocenters. The molecule has 2 heterocycles. The number of fused-ring (bicyclic) bond motifs is 1. The lowest BCUT2D eigenvalue weighted by Gasteiger charge is -2.09. The zero-order valence-electron chi connectivity index (χ0n) is 11.0. The molecule has 20 heavy (non-hydrogen) atoms. The van der Waals surface area contributed by atoms with Gasteiger partial charge in [-0.1, -0.05) is 18.2 Å². The monoisotopic (exact) mass is 290 g/mol. The molecule has 0 radical (unpaired) electrons. The molecular weight excluding hydrogens is 276 g/mol. The van der Waals surface area contributed by atoms with Gasteiger partial charge in [0.05, 0.1) is 12.9 Å². The van der Waals surface area contributed by atoms with Crippen LogP contribution in [0.1, 0.15) is 5.56 Å². The average molecular weight is 290 g/mol. The fourth-order valence-corrected chi connectivity index (χ4v) is 2.75. The van der Waals surface area contributed by atoms with Crippen molar-refractivity contribution in [2.75, 3.05) is 17.6 Å². The number of hydrogen-bond acceptors (Lipinski definition) is 4. The summed E-state index contributed by atoms with van der Waals surface area (Å²) in [6.07, 6.45) is 3.66. The maximum Gasteiger partial charge on any atom is 0.230 e. The second kappa shape index (κ2) is 4.79. The molecule has 5 nitrogen and oxygen atoms in total. The smallest absolute Gasteiger partial charge is 0.230 e. The van der Waals surface area contributed by atoms with Crippen molar-refractivity contribution in [2.24, 2.45) is 0 Å². The van der Waals surface area contributed by atoms with Gasteiger partial charge in [0.25, 0.3) is 0 Å². The maximum absolute atomic E-state index is 11.1. The molecule has 0 bridgehead atoms. The van der Waals surface area contributed by atoms with Crippen LogP contribution in [-0.4, -0.2) is 26.3 Å². The highest BCUT2D eigenvalue weighted by Crippen LogP contribution is 2.36. The number of anilines is 1. The van der Waals surface area contributed by atoms with Gasteiger partial charge in [0.1, 0.15) is 11.6 Å². The Morgan fingerprint density at radius 1 is 1.25 bits per heavy atom. The van der Waals surface area contributed by atoms with E-state index in [1.807, 2.05) is 18.2 Å². The summed E-state index contributed by atoms with van der Waals surface area (Å²) in [6, 6.07) is 9.50. The second-order valence-electron chi connectivity index (χ2n) is 4.70. The lowest BCUT2D eigenvalue weighted by Crippen LogP contribution is -2.10. The summed E-state index contributed by atoms with van der Waals surface area (Å²) in [5.74, 6) is 1.21. The molecule has 1 N–H and O–H groups in total. The molecule has 0 spiro atoms. The van der Waals surface area contributed by atoms with Gasteiger partial charge < -0.3 is 4.74 Å². The molecule has 1 aromatic carbocycles. The molecule has 2 aromatic rings. The molecule has 3 rings (SSSR count). The van der Waals surface area contributed by atoms with Crippen molar-refractivity contribution in [3.05, 3.63) is 42.1 Å². The molecule has 0 amide bonds. The summed E-state index contributed by atoms with van der Waals surface area (Å²) in [6.45, 7) is 0.702. The third-order valence-electron chi connectivity index (χ3n) is 3.08. The van der Waals surface area contributed by atoms with Crippen LogP contribution in [0, 0.1) is 0 Å². The van der Waals surface area contributed by atoms with Crippen LogP contribution in [0.4, 0.5) is 5.82 Å². The van der Waals surface area contributed by atoms with Gasteiger partial charge in [-0.25, -0.2) is 13.4 Å². The fraction of sp³-hybridized carbons (Fsp3) is 0.214. The van der Waals surface area contributed by atoms with E-state index in [-0.39, 0.29) is 0 Å². The summed E-state index contributed by atoms with van der Waals surface area (Å²) in [7, 11) is -3.30. The molecule has 1 aliphatic rings. The maximum atomic E-state index is 11.1. The topological polar surface area (TPSA) is 68.3 Å². The van der Waals surface area contributed by atoms with Crippen molar-refractivity contribution in [1.29, 1.82) is 0 Å². The van der Waals surface area contributed by atoms with Crippen LogP contribution < -0.4 is 9.46 Å². The number of benzene rings is 1. The second-order valence-corrected chi connectivity index (χ2v) is 6.45. The van der Waals surface area contributed by atoms with Crippen LogP contribution in [0.15, 0.2) is 36.5 Å². The predicted molar refractivity (Wildman–Crippen MR) is 77.3 cm³/mol. The summed E-state index contributed by atoms with van der Waals surface area (Å²) in [4.78, 5) is 4.12. The quantitative estimate of drug-likeness (QED) is 0.939. The highest BCUT2D eigenvalue weighted by molar-refractivity contribution is 7.92. The Morgan fingerprint density at radius 2 is 2.10 bits per heavy atom. The van der Waals surface area contributed by atoms with E-state index in [1.54, 1.807) is 12.3 Å². The third-order valence-corrected chi connectivity index (χ3v) is 3.66. The van der Waals surface area contributed by atoms with Gasteiger partial charge in [-0.3, -0.25) is 4.72 Å². The highest BCUT2D eigenvalue weighted by Gasteiger charge is 2.17. The molecule has 6 heteroatoms. The summed E-state index contributed by atoms with van der Waals surface area (Å²) in [5.41, 5.74) is 3.09. The molecular formula is C14H14N2O3S. The number of hydrogen-bond donors (Lipinski definition) is 1. The first-order valence-electron chi connectivity index (χ1n) is 6.22. The van der Waals surface area contributed by atoms with Crippen molar-refractivity contribution in [1.82, 2.24) is 4.98 Å². The zero-order chi connectivity index (χ0) is 14.2. The number of nitrogens with one attached hydrogen (secondary N) is 1. The molecule has 0 saturated carbocycles. The van der Waals surface area contributed by atoms with Gasteiger partial charge in [-0.2, -0.15) is 0 Å². The predicted octanol–water partition coefficient (Wildman–Crippen LogP) is 2.05. The highest BCUT2D eigenvalue weighted by atomic mass is 32.2. The normalized spacial score (nSPS) is 13.7. The van der Waals surface area contributed by atoms with Crippen molar-refractivity contribution < 1.29 is 13.2 Å². The van der Waals surface area contributed by atoms with E-state index in [1.165, 1.54) is 5.56 Å². The minimum atomic E-state index is -3.30. The Morgan fingerprint density at radius 3 is 2.80 bits per heavy atom. The van der Waals surface area contributed by atoms with E-state index < -0.39 is 10.0 Å². The van der Waals surface area contributed by atoms with E-state index in [4.69, 9.17) is 4.74 Å². The Labute approximate surface area is 117 Å². The zero-order valence-corrected chi connectivity index (χ0v) is 11.8. The van der Waals surface area contributed by atoms with Gasteiger partial charge in [0.2, 0.25) is 10.0 Å². The van der Waals surface area contributed by atoms with E-state index in [0.29, 0.717) is 12.4 Å². The molecule has 1 aliphatic heterocycles. The van der Waals surface area contributed by atoms with E-state index in [9.17, 15) is 8.42 Å². The van der Waals surface area contributed by atoms with E-state index >= 15 is 0 Å². The Balaban J connectivity index is 1.94. The number of para-hydroxylation sites is 1. The number of rotatable bonds is 3. The first kappa shape index (κ1) is 12.9. The van der Waals surface area contributed by atoms with Gasteiger partial charge in [-0.15, -0.1) is 0 Å². The summed E-state index contributed by atoms with van der Waals surface area (Å²) >= 11 is 0. The summed E-state index contributed by atoms with van der Waals surface area (Å²) in [5, 5.41) is 0. The van der Waals surface area contributed by atoms with Crippen LogP contribution in [0.3, 0.4) is 0 Å². The van der Waals surface area contributed by atoms with Crippen molar-refractivity contribution >= 4 is 15.8 Å². The number of aromatic nitrogens is 1. The number of nitrogens with zero attached hydrogens (tertiary/aromatic N) is 1. The molecule has 0 unspecified atom stereocenters. The lowest BCUT2D eigenvalue weighted by atomic mass is 10.0. The van der Waals surface area contributed by atoms with Crippen LogP contribution in [0.25, 0.3) is 11.1 Å². The van der Waals surface area contributed by atoms with E-state index in [2.05, 4.69) is 15.8 Å². The first-order chi connectivity index (χ1) is 9.53. The third kappa shape index (κ3) is 2.60. The van der Waals surface area contributed by atoms with Crippen LogP contribution >= 0.6 is 0 Å². The van der Waals surface area contributed by atoms with E-state index in [0.717, 1.165) is 29.6 Å². The van der Waals surface area contributed by atoms with Gasteiger partial charge in [-0.05, 0) is 17.7 Å². The SMILES string of the molecule is CS(=O)(=O)Nc1ccc(-c2cccc3c2OCC3)cn1. The molecule has 0 fully saturated rings. The van der Waals surface area contributed by atoms with Crippen LogP contribution in [0.5, 0.6) is 5.75 Å². The van der Waals surface area contributed by atoms with Gasteiger partial charge in [0.15, 0.2) is 0 Å². The Kier molecular flexibility index (Phi) is 3.10. The molecule has 0 saturated heterocycles. The minimum Gasteiger partial charge on any atom is -0.492 e. The van der Waals surface area contributed by atoms with Gasteiger partial charge >= 0.3 is 0 Å². The lowest BCUT2D eigenvalue weighted by molar-refractivity contribution is 0.358. The van der Waals surface area contributed by atoms with Crippen molar-refractivity contribution in [2.45, 2.75) is 6.42 Å². The number of ether oxygens (including phenoxy) is 1. The average Bonchev–Trinajstić information content (AvgIpc) is 2.86. The summed E-state index contributed by atoms with van der Waals surface area (Å²) < 4.78 is 30.3. The Bertz CT molecular complexity index is 740. The fourth-order valence-electron chi connectivity index (χ4n) is 2.25. The van der Waals surface area contributed by atoms with Crippen LogP contribution in [-0.2, 0) is 16.4 Å². The standard InChI is InChI=1S/C14H14N2O3S/c1-20(17,18)16-13-6-5-11(9-15-13)12-4-2-3-10-7-8-19-14(10)12/h2-6,9H,7-8H2,1H3,(H,15,16). The van der Waals surface area contributed by atoms with Crippen LogP contribution in [0.2, 0.25) is 0 Å². The molecule has 0 aliphatic carbocycles. The number of pyridine rings is 1.